The summed E-state index contributed by atoms with van der Waals surface area (Å²) in [4.78, 5) is 31.4. The van der Waals surface area contributed by atoms with Crippen molar-refractivity contribution in [2.75, 3.05) is 11.4 Å². The molecule has 2 aromatic heterocycles. The van der Waals surface area contributed by atoms with Crippen LogP contribution in [0.25, 0.3) is 11.2 Å². The van der Waals surface area contributed by atoms with Gasteiger partial charge in [-0.25, -0.2) is 4.79 Å². The molecule has 24 heavy (non-hydrogen) atoms. The minimum Gasteiger partial charge on any atom is -0.310 e. The zero-order valence-electron chi connectivity index (χ0n) is 14.2. The van der Waals surface area contributed by atoms with Gasteiger partial charge in [0.05, 0.1) is 0 Å². The number of nitrogens with zero attached hydrogens (tertiary/aromatic N) is 5. The van der Waals surface area contributed by atoms with Gasteiger partial charge in [0.25, 0.3) is 5.56 Å². The minimum atomic E-state index is -0.359. The van der Waals surface area contributed by atoms with E-state index < -0.39 is 0 Å². The molecule has 3 aromatic rings. The Morgan fingerprint density at radius 2 is 1.62 bits per heavy atom. The van der Waals surface area contributed by atoms with E-state index in [0.717, 1.165) is 16.8 Å². The standard InChI is InChI=1S/C17H19N5O2/c1-10-7-11(2)9-12(8-10)21-5-6-22-13-14(18-16(21)22)19(3)17(24)20(4)15(13)23/h7-9H,5-6H2,1-4H3. The third kappa shape index (κ3) is 1.87. The third-order valence-electron chi connectivity index (χ3n) is 4.63. The summed E-state index contributed by atoms with van der Waals surface area (Å²) < 4.78 is 4.48. The van der Waals surface area contributed by atoms with Crippen molar-refractivity contribution in [3.8, 4) is 0 Å². The number of fused-ring (bicyclic) bond motifs is 3. The van der Waals surface area contributed by atoms with Crippen LogP contribution in [0.1, 0.15) is 11.1 Å². The maximum atomic E-state index is 12.5. The lowest BCUT2D eigenvalue weighted by molar-refractivity contribution is 0.700. The fourth-order valence-electron chi connectivity index (χ4n) is 3.50. The van der Waals surface area contributed by atoms with Crippen molar-refractivity contribution in [1.82, 2.24) is 18.7 Å². The second-order valence-corrected chi connectivity index (χ2v) is 6.44. The molecule has 0 N–H and O–H groups in total. The molecule has 4 rings (SSSR count). The Morgan fingerprint density at radius 1 is 0.958 bits per heavy atom. The first-order valence-electron chi connectivity index (χ1n) is 7.90. The molecule has 1 aliphatic rings. The third-order valence-corrected chi connectivity index (χ3v) is 4.63. The van der Waals surface area contributed by atoms with Crippen molar-refractivity contribution < 1.29 is 0 Å². The van der Waals surface area contributed by atoms with Crippen molar-refractivity contribution in [1.29, 1.82) is 0 Å². The van der Waals surface area contributed by atoms with Crippen molar-refractivity contribution in [2.45, 2.75) is 20.4 Å². The monoisotopic (exact) mass is 325 g/mol. The molecule has 0 atom stereocenters. The largest absolute Gasteiger partial charge is 0.332 e. The number of imidazole rings is 1. The van der Waals surface area contributed by atoms with Gasteiger partial charge in [-0.05, 0) is 37.1 Å². The predicted octanol–water partition coefficient (Wildman–Crippen LogP) is 1.20. The topological polar surface area (TPSA) is 65.1 Å². The van der Waals surface area contributed by atoms with Crippen LogP contribution in [0.15, 0.2) is 27.8 Å². The van der Waals surface area contributed by atoms with Crippen LogP contribution in [0.4, 0.5) is 11.6 Å². The van der Waals surface area contributed by atoms with Crippen LogP contribution in [-0.2, 0) is 20.6 Å². The van der Waals surface area contributed by atoms with E-state index >= 15 is 0 Å². The first-order chi connectivity index (χ1) is 11.4. The summed E-state index contributed by atoms with van der Waals surface area (Å²) in [5.74, 6) is 0.716. The summed E-state index contributed by atoms with van der Waals surface area (Å²) in [6, 6.07) is 6.35. The SMILES string of the molecule is Cc1cc(C)cc(N2CCn3c2nc2c3c(=O)n(C)c(=O)n2C)c1. The van der Waals surface area contributed by atoms with E-state index in [1.165, 1.54) is 22.7 Å². The predicted molar refractivity (Wildman–Crippen MR) is 93.1 cm³/mol. The lowest BCUT2D eigenvalue weighted by Gasteiger charge is -2.17. The van der Waals surface area contributed by atoms with Crippen molar-refractivity contribution in [3.63, 3.8) is 0 Å². The molecule has 1 aliphatic heterocycles. The van der Waals surface area contributed by atoms with Gasteiger partial charge in [0.15, 0.2) is 11.2 Å². The summed E-state index contributed by atoms with van der Waals surface area (Å²) in [7, 11) is 3.15. The molecule has 0 radical (unpaired) electrons. The first kappa shape index (κ1) is 14.7. The highest BCUT2D eigenvalue weighted by atomic mass is 16.2. The average molecular weight is 325 g/mol. The zero-order chi connectivity index (χ0) is 17.2. The maximum absolute atomic E-state index is 12.5. The number of anilines is 2. The highest BCUT2D eigenvalue weighted by molar-refractivity contribution is 5.77. The number of rotatable bonds is 1. The maximum Gasteiger partial charge on any atom is 0.332 e. The van der Waals surface area contributed by atoms with Crippen LogP contribution in [0, 0.1) is 13.8 Å². The van der Waals surface area contributed by atoms with Crippen molar-refractivity contribution in [2.24, 2.45) is 14.1 Å². The lowest BCUT2D eigenvalue weighted by Crippen LogP contribution is -2.37. The Balaban J connectivity index is 2.00. The fourth-order valence-corrected chi connectivity index (χ4v) is 3.50. The molecule has 0 saturated carbocycles. The minimum absolute atomic E-state index is 0.297. The molecule has 7 heteroatoms. The molecule has 0 fully saturated rings. The Hall–Kier alpha value is -2.83. The molecule has 3 heterocycles. The molecule has 0 saturated heterocycles. The van der Waals surface area contributed by atoms with Gasteiger partial charge in [-0.3, -0.25) is 13.9 Å². The number of hydrogen-bond donors (Lipinski definition) is 0. The normalized spacial score (nSPS) is 13.8. The van der Waals surface area contributed by atoms with Gasteiger partial charge in [0, 0.05) is 32.9 Å². The first-order valence-corrected chi connectivity index (χ1v) is 7.90. The quantitative estimate of drug-likeness (QED) is 0.674. The second-order valence-electron chi connectivity index (χ2n) is 6.44. The molecular formula is C17H19N5O2. The lowest BCUT2D eigenvalue weighted by atomic mass is 10.1. The van der Waals surface area contributed by atoms with Crippen LogP contribution in [0.5, 0.6) is 0 Å². The highest BCUT2D eigenvalue weighted by Gasteiger charge is 2.28. The van der Waals surface area contributed by atoms with Crippen molar-refractivity contribution >= 4 is 22.8 Å². The molecule has 1 aromatic carbocycles. The van der Waals surface area contributed by atoms with E-state index in [1.54, 1.807) is 7.05 Å². The molecule has 124 valence electrons. The van der Waals surface area contributed by atoms with E-state index in [9.17, 15) is 9.59 Å². The van der Waals surface area contributed by atoms with Crippen LogP contribution in [0.2, 0.25) is 0 Å². The molecule has 7 nitrogen and oxygen atoms in total. The molecular weight excluding hydrogens is 306 g/mol. The molecule has 0 spiro atoms. The summed E-state index contributed by atoms with van der Waals surface area (Å²) in [5, 5.41) is 0. The van der Waals surface area contributed by atoms with Gasteiger partial charge in [-0.15, -0.1) is 0 Å². The van der Waals surface area contributed by atoms with Gasteiger partial charge < -0.3 is 9.47 Å². The van der Waals surface area contributed by atoms with E-state index in [-0.39, 0.29) is 11.2 Å². The van der Waals surface area contributed by atoms with E-state index in [1.807, 2.05) is 4.57 Å². The van der Waals surface area contributed by atoms with E-state index in [0.29, 0.717) is 23.7 Å². The molecule has 0 aliphatic carbocycles. The Morgan fingerprint density at radius 3 is 2.29 bits per heavy atom. The van der Waals surface area contributed by atoms with E-state index in [4.69, 9.17) is 0 Å². The molecule has 0 amide bonds. The van der Waals surface area contributed by atoms with Gasteiger partial charge >= 0.3 is 5.69 Å². The number of hydrogen-bond acceptors (Lipinski definition) is 4. The summed E-state index contributed by atoms with van der Waals surface area (Å²) in [6.07, 6.45) is 0. The van der Waals surface area contributed by atoms with Crippen LogP contribution >= 0.6 is 0 Å². The van der Waals surface area contributed by atoms with Crippen LogP contribution < -0.4 is 16.1 Å². The van der Waals surface area contributed by atoms with Gasteiger partial charge in [0.1, 0.15) is 0 Å². The van der Waals surface area contributed by atoms with E-state index in [2.05, 4.69) is 41.9 Å². The van der Waals surface area contributed by atoms with Gasteiger partial charge in [-0.2, -0.15) is 4.98 Å². The fraction of sp³-hybridized carbons (Fsp3) is 0.353. The summed E-state index contributed by atoms with van der Waals surface area (Å²) in [6.45, 7) is 5.56. The van der Waals surface area contributed by atoms with Crippen LogP contribution in [0.3, 0.4) is 0 Å². The summed E-state index contributed by atoms with van der Waals surface area (Å²) >= 11 is 0. The van der Waals surface area contributed by atoms with Crippen LogP contribution in [-0.4, -0.2) is 25.2 Å². The summed E-state index contributed by atoms with van der Waals surface area (Å²) in [5.41, 5.74) is 3.69. The highest BCUT2D eigenvalue weighted by Crippen LogP contribution is 2.32. The average Bonchev–Trinajstić information content (AvgIpc) is 3.08. The van der Waals surface area contributed by atoms with Gasteiger partial charge in [0.2, 0.25) is 5.95 Å². The second kappa shape index (κ2) is 4.83. The number of benzene rings is 1. The number of aryl methyl sites for hydroxylation is 3. The Bertz CT molecular complexity index is 1080. The number of aromatic nitrogens is 4. The smallest absolute Gasteiger partial charge is 0.310 e. The Kier molecular flexibility index (Phi) is 2.97. The molecule has 0 unspecified atom stereocenters. The zero-order valence-corrected chi connectivity index (χ0v) is 14.2. The van der Waals surface area contributed by atoms with Gasteiger partial charge in [-0.1, -0.05) is 6.07 Å². The molecule has 0 bridgehead atoms. The van der Waals surface area contributed by atoms with Crippen molar-refractivity contribution in [3.05, 3.63) is 50.2 Å². The Labute approximate surface area is 138 Å².